The van der Waals surface area contributed by atoms with Gasteiger partial charge in [-0.25, -0.2) is 0 Å². The van der Waals surface area contributed by atoms with Crippen molar-refractivity contribution in [3.63, 3.8) is 0 Å². The SMILES string of the molecule is Cc1cc(CNc2ccc(N)cc2Cl)no1. The molecule has 84 valence electrons. The summed E-state index contributed by atoms with van der Waals surface area (Å²) in [6, 6.07) is 7.21. The lowest BCUT2D eigenvalue weighted by Gasteiger charge is -2.06. The summed E-state index contributed by atoms with van der Waals surface area (Å²) in [4.78, 5) is 0. The number of aryl methyl sites for hydroxylation is 1. The molecule has 0 aliphatic carbocycles. The van der Waals surface area contributed by atoms with Crippen molar-refractivity contribution in [2.75, 3.05) is 11.1 Å². The Morgan fingerprint density at radius 1 is 1.44 bits per heavy atom. The Labute approximate surface area is 98.4 Å². The Balaban J connectivity index is 2.04. The average Bonchev–Trinajstić information content (AvgIpc) is 2.63. The predicted molar refractivity (Wildman–Crippen MR) is 64.4 cm³/mol. The molecule has 3 N–H and O–H groups in total. The molecule has 2 rings (SSSR count). The third-order valence-corrected chi connectivity index (χ3v) is 2.44. The molecule has 0 amide bonds. The molecule has 4 nitrogen and oxygen atoms in total. The smallest absolute Gasteiger partial charge is 0.133 e. The molecule has 0 aliphatic rings. The zero-order valence-corrected chi connectivity index (χ0v) is 9.58. The number of halogens is 1. The number of nitrogens with zero attached hydrogens (tertiary/aromatic N) is 1. The van der Waals surface area contributed by atoms with Crippen molar-refractivity contribution in [3.8, 4) is 0 Å². The summed E-state index contributed by atoms with van der Waals surface area (Å²) in [5, 5.41) is 7.63. The Morgan fingerprint density at radius 3 is 2.88 bits per heavy atom. The van der Waals surface area contributed by atoms with Crippen LogP contribution < -0.4 is 11.1 Å². The molecule has 0 saturated carbocycles. The summed E-state index contributed by atoms with van der Waals surface area (Å²) >= 11 is 6.01. The minimum Gasteiger partial charge on any atom is -0.399 e. The van der Waals surface area contributed by atoms with Crippen molar-refractivity contribution in [2.24, 2.45) is 0 Å². The number of hydrogen-bond donors (Lipinski definition) is 2. The van der Waals surface area contributed by atoms with Gasteiger partial charge in [0.05, 0.1) is 17.3 Å². The van der Waals surface area contributed by atoms with Crippen LogP contribution in [0.5, 0.6) is 0 Å². The van der Waals surface area contributed by atoms with E-state index in [1.54, 1.807) is 12.1 Å². The molecule has 1 aromatic carbocycles. The van der Waals surface area contributed by atoms with Crippen molar-refractivity contribution < 1.29 is 4.52 Å². The van der Waals surface area contributed by atoms with Crippen molar-refractivity contribution in [1.82, 2.24) is 5.16 Å². The molecular weight excluding hydrogens is 226 g/mol. The van der Waals surface area contributed by atoms with E-state index in [1.807, 2.05) is 19.1 Å². The Morgan fingerprint density at radius 2 is 2.25 bits per heavy atom. The first-order chi connectivity index (χ1) is 7.65. The van der Waals surface area contributed by atoms with Gasteiger partial charge in [-0.2, -0.15) is 0 Å². The summed E-state index contributed by atoms with van der Waals surface area (Å²) in [5.74, 6) is 0.792. The lowest BCUT2D eigenvalue weighted by Crippen LogP contribution is -2.00. The van der Waals surface area contributed by atoms with Crippen LogP contribution in [-0.2, 0) is 6.54 Å². The number of aromatic nitrogens is 1. The van der Waals surface area contributed by atoms with Gasteiger partial charge < -0.3 is 15.6 Å². The number of nitrogens with two attached hydrogens (primary N) is 1. The van der Waals surface area contributed by atoms with Gasteiger partial charge in [-0.05, 0) is 25.1 Å². The number of rotatable bonds is 3. The van der Waals surface area contributed by atoms with Crippen LogP contribution in [0.1, 0.15) is 11.5 Å². The summed E-state index contributed by atoms with van der Waals surface area (Å²) in [6.07, 6.45) is 0. The monoisotopic (exact) mass is 237 g/mol. The van der Waals surface area contributed by atoms with E-state index in [9.17, 15) is 0 Å². The zero-order chi connectivity index (χ0) is 11.5. The van der Waals surface area contributed by atoms with Crippen LogP contribution in [0.2, 0.25) is 5.02 Å². The quantitative estimate of drug-likeness (QED) is 0.806. The largest absolute Gasteiger partial charge is 0.399 e. The van der Waals surface area contributed by atoms with E-state index in [0.717, 1.165) is 17.1 Å². The molecule has 5 heteroatoms. The predicted octanol–water partition coefficient (Wildman–Crippen LogP) is 2.83. The van der Waals surface area contributed by atoms with E-state index in [2.05, 4.69) is 10.5 Å². The summed E-state index contributed by atoms with van der Waals surface area (Å²) < 4.78 is 4.96. The number of benzene rings is 1. The van der Waals surface area contributed by atoms with E-state index in [1.165, 1.54) is 0 Å². The normalized spacial score (nSPS) is 10.4. The van der Waals surface area contributed by atoms with E-state index in [4.69, 9.17) is 21.9 Å². The van der Waals surface area contributed by atoms with Crippen LogP contribution in [0, 0.1) is 6.92 Å². The van der Waals surface area contributed by atoms with Crippen LogP contribution in [0.3, 0.4) is 0 Å². The van der Waals surface area contributed by atoms with Gasteiger partial charge in [0.1, 0.15) is 11.5 Å². The highest BCUT2D eigenvalue weighted by atomic mass is 35.5. The molecule has 0 unspecified atom stereocenters. The Hall–Kier alpha value is -1.68. The zero-order valence-electron chi connectivity index (χ0n) is 8.83. The van der Waals surface area contributed by atoms with E-state index in [0.29, 0.717) is 17.3 Å². The van der Waals surface area contributed by atoms with Crippen molar-refractivity contribution in [2.45, 2.75) is 13.5 Å². The second-order valence-electron chi connectivity index (χ2n) is 3.52. The van der Waals surface area contributed by atoms with Gasteiger partial charge in [0.25, 0.3) is 0 Å². The van der Waals surface area contributed by atoms with Gasteiger partial charge in [0.15, 0.2) is 0 Å². The maximum absolute atomic E-state index is 6.01. The van der Waals surface area contributed by atoms with Crippen LogP contribution >= 0.6 is 11.6 Å². The fraction of sp³-hybridized carbons (Fsp3) is 0.182. The molecule has 0 atom stereocenters. The first kappa shape index (κ1) is 10.8. The standard InChI is InChI=1S/C11H12ClN3O/c1-7-4-9(15-16-7)6-14-11-3-2-8(13)5-10(11)12/h2-5,14H,6,13H2,1H3. The highest BCUT2D eigenvalue weighted by Gasteiger charge is 2.03. The average molecular weight is 238 g/mol. The van der Waals surface area contributed by atoms with Gasteiger partial charge in [-0.3, -0.25) is 0 Å². The molecule has 2 aromatic rings. The third-order valence-electron chi connectivity index (χ3n) is 2.13. The lowest BCUT2D eigenvalue weighted by molar-refractivity contribution is 0.391. The number of anilines is 2. The molecule has 0 bridgehead atoms. The van der Waals surface area contributed by atoms with Crippen LogP contribution in [0.4, 0.5) is 11.4 Å². The van der Waals surface area contributed by atoms with Gasteiger partial charge in [0, 0.05) is 11.8 Å². The minimum absolute atomic E-state index is 0.570. The lowest BCUT2D eigenvalue weighted by atomic mass is 10.2. The van der Waals surface area contributed by atoms with Crippen LogP contribution in [0.25, 0.3) is 0 Å². The van der Waals surface area contributed by atoms with Gasteiger partial charge in [0.2, 0.25) is 0 Å². The van der Waals surface area contributed by atoms with Gasteiger partial charge >= 0.3 is 0 Å². The number of nitrogens with one attached hydrogen (secondary N) is 1. The maximum atomic E-state index is 6.01. The van der Waals surface area contributed by atoms with Crippen LogP contribution in [0.15, 0.2) is 28.8 Å². The molecule has 1 aromatic heterocycles. The van der Waals surface area contributed by atoms with E-state index < -0.39 is 0 Å². The summed E-state index contributed by atoms with van der Waals surface area (Å²) in [6.45, 7) is 2.42. The molecule has 0 aliphatic heterocycles. The third kappa shape index (κ3) is 2.46. The molecule has 0 saturated heterocycles. The number of nitrogen functional groups attached to an aromatic ring is 1. The van der Waals surface area contributed by atoms with Crippen molar-refractivity contribution in [3.05, 3.63) is 40.7 Å². The van der Waals surface area contributed by atoms with Gasteiger partial charge in [-0.15, -0.1) is 0 Å². The first-order valence-corrected chi connectivity index (χ1v) is 5.24. The highest BCUT2D eigenvalue weighted by Crippen LogP contribution is 2.24. The fourth-order valence-electron chi connectivity index (χ4n) is 1.36. The minimum atomic E-state index is 0.570. The Bertz CT molecular complexity index is 496. The van der Waals surface area contributed by atoms with E-state index in [-0.39, 0.29) is 0 Å². The summed E-state index contributed by atoms with van der Waals surface area (Å²) in [7, 11) is 0. The summed E-state index contributed by atoms with van der Waals surface area (Å²) in [5.41, 5.74) is 7.91. The second kappa shape index (κ2) is 4.45. The van der Waals surface area contributed by atoms with Crippen LogP contribution in [-0.4, -0.2) is 5.16 Å². The van der Waals surface area contributed by atoms with Crippen molar-refractivity contribution >= 4 is 23.0 Å². The molecule has 1 heterocycles. The highest BCUT2D eigenvalue weighted by molar-refractivity contribution is 6.33. The first-order valence-electron chi connectivity index (χ1n) is 4.86. The molecule has 16 heavy (non-hydrogen) atoms. The van der Waals surface area contributed by atoms with Crippen molar-refractivity contribution in [1.29, 1.82) is 0 Å². The number of hydrogen-bond acceptors (Lipinski definition) is 4. The van der Waals surface area contributed by atoms with E-state index >= 15 is 0 Å². The molecule has 0 spiro atoms. The second-order valence-corrected chi connectivity index (χ2v) is 3.93. The molecule has 0 radical (unpaired) electrons. The molecular formula is C11H12ClN3O. The molecule has 0 fully saturated rings. The Kier molecular flexibility index (Phi) is 3.01. The van der Waals surface area contributed by atoms with Gasteiger partial charge in [-0.1, -0.05) is 16.8 Å². The maximum Gasteiger partial charge on any atom is 0.133 e. The topological polar surface area (TPSA) is 64.1 Å². The fourth-order valence-corrected chi connectivity index (χ4v) is 1.62.